The monoisotopic (exact) mass is 389 g/mol. The highest BCUT2D eigenvalue weighted by Crippen LogP contribution is 2.30. The molecular formula is C19H17ClFN3OS. The second-order valence-corrected chi connectivity index (χ2v) is 7.11. The fourth-order valence-corrected chi connectivity index (χ4v) is 3.50. The van der Waals surface area contributed by atoms with Gasteiger partial charge >= 0.3 is 0 Å². The van der Waals surface area contributed by atoms with E-state index in [1.54, 1.807) is 41.3 Å². The number of rotatable bonds is 6. The van der Waals surface area contributed by atoms with E-state index in [0.717, 1.165) is 12.8 Å². The molecule has 26 heavy (non-hydrogen) atoms. The van der Waals surface area contributed by atoms with Crippen LogP contribution in [0.2, 0.25) is 5.02 Å². The first-order valence-corrected chi connectivity index (χ1v) is 9.45. The molecule has 0 N–H and O–H groups in total. The van der Waals surface area contributed by atoms with Gasteiger partial charge in [-0.3, -0.25) is 9.69 Å². The van der Waals surface area contributed by atoms with Crippen LogP contribution in [-0.2, 0) is 0 Å². The maximum absolute atomic E-state index is 13.5. The van der Waals surface area contributed by atoms with E-state index < -0.39 is 0 Å². The van der Waals surface area contributed by atoms with Gasteiger partial charge in [-0.25, -0.2) is 4.39 Å². The minimum atomic E-state index is -0.336. The summed E-state index contributed by atoms with van der Waals surface area (Å²) in [7, 11) is 0. The van der Waals surface area contributed by atoms with E-state index in [1.807, 2.05) is 0 Å². The third kappa shape index (κ3) is 4.26. The van der Waals surface area contributed by atoms with E-state index in [1.165, 1.54) is 23.5 Å². The van der Waals surface area contributed by atoms with Crippen molar-refractivity contribution in [3.05, 3.63) is 64.9 Å². The molecule has 0 fully saturated rings. The van der Waals surface area contributed by atoms with Crippen LogP contribution >= 0.6 is 22.9 Å². The fourth-order valence-electron chi connectivity index (χ4n) is 2.44. The summed E-state index contributed by atoms with van der Waals surface area (Å²) in [6.07, 6.45) is 1.77. The van der Waals surface area contributed by atoms with Crippen LogP contribution in [0.5, 0.6) is 0 Å². The maximum atomic E-state index is 13.5. The van der Waals surface area contributed by atoms with Crippen molar-refractivity contribution in [3.63, 3.8) is 0 Å². The summed E-state index contributed by atoms with van der Waals surface area (Å²) in [5.41, 5.74) is 1.13. The van der Waals surface area contributed by atoms with Crippen molar-refractivity contribution in [2.45, 2.75) is 19.8 Å². The number of hydrogen-bond donors (Lipinski definition) is 0. The Bertz CT molecular complexity index is 915. The Balaban J connectivity index is 1.92. The highest BCUT2D eigenvalue weighted by Gasteiger charge is 2.22. The van der Waals surface area contributed by atoms with E-state index in [2.05, 4.69) is 17.1 Å². The summed E-state index contributed by atoms with van der Waals surface area (Å²) in [5.74, 6) is -0.514. The molecule has 4 nitrogen and oxygen atoms in total. The molecule has 1 aromatic heterocycles. The normalized spacial score (nSPS) is 10.7. The number of unbranched alkanes of at least 4 members (excludes halogenated alkanes) is 1. The van der Waals surface area contributed by atoms with E-state index in [9.17, 15) is 9.18 Å². The van der Waals surface area contributed by atoms with Crippen molar-refractivity contribution in [1.29, 1.82) is 0 Å². The molecule has 0 saturated heterocycles. The van der Waals surface area contributed by atoms with Crippen molar-refractivity contribution < 1.29 is 9.18 Å². The lowest BCUT2D eigenvalue weighted by atomic mass is 10.2. The van der Waals surface area contributed by atoms with Gasteiger partial charge in [-0.15, -0.1) is 10.2 Å². The summed E-state index contributed by atoms with van der Waals surface area (Å²) in [6, 6.07) is 13.0. The summed E-state index contributed by atoms with van der Waals surface area (Å²) >= 11 is 7.27. The Hall–Kier alpha value is -2.31. The molecule has 0 aliphatic heterocycles. The molecule has 7 heteroatoms. The maximum Gasteiger partial charge on any atom is 0.260 e. The van der Waals surface area contributed by atoms with Gasteiger partial charge in [0, 0.05) is 22.7 Å². The van der Waals surface area contributed by atoms with Crippen LogP contribution in [0.1, 0.15) is 30.1 Å². The van der Waals surface area contributed by atoms with Crippen LogP contribution in [0.25, 0.3) is 10.6 Å². The minimum absolute atomic E-state index is 0.178. The molecule has 1 heterocycles. The highest BCUT2D eigenvalue weighted by atomic mass is 35.5. The molecule has 3 rings (SSSR count). The molecule has 0 aliphatic carbocycles. The van der Waals surface area contributed by atoms with Crippen molar-refractivity contribution in [2.75, 3.05) is 11.4 Å². The zero-order valence-electron chi connectivity index (χ0n) is 14.2. The Labute approximate surface area is 160 Å². The third-order valence-corrected chi connectivity index (χ3v) is 5.00. The quantitative estimate of drug-likeness (QED) is 0.563. The van der Waals surface area contributed by atoms with Gasteiger partial charge in [0.1, 0.15) is 10.8 Å². The first kappa shape index (κ1) is 18.5. The molecule has 3 aromatic rings. The largest absolute Gasteiger partial charge is 0.283 e. The fraction of sp³-hybridized carbons (Fsp3) is 0.211. The van der Waals surface area contributed by atoms with Crippen LogP contribution in [-0.4, -0.2) is 22.6 Å². The van der Waals surface area contributed by atoms with Gasteiger partial charge in [0.2, 0.25) is 5.13 Å². The summed E-state index contributed by atoms with van der Waals surface area (Å²) < 4.78 is 13.5. The SMILES string of the molecule is CCCCN(C(=O)c1cccc(Cl)c1)c1nnc(-c2cccc(F)c2)s1. The van der Waals surface area contributed by atoms with E-state index >= 15 is 0 Å². The Morgan fingerprint density at radius 1 is 1.19 bits per heavy atom. The Morgan fingerprint density at radius 2 is 2.00 bits per heavy atom. The predicted octanol–water partition coefficient (Wildman–Crippen LogP) is 5.44. The molecule has 0 atom stereocenters. The van der Waals surface area contributed by atoms with Crippen LogP contribution in [0.4, 0.5) is 9.52 Å². The molecule has 2 aromatic carbocycles. The lowest BCUT2D eigenvalue weighted by Gasteiger charge is -2.19. The van der Waals surface area contributed by atoms with Crippen LogP contribution in [0.15, 0.2) is 48.5 Å². The van der Waals surface area contributed by atoms with Gasteiger partial charge in [0.25, 0.3) is 5.91 Å². The van der Waals surface area contributed by atoms with Crippen molar-refractivity contribution in [2.24, 2.45) is 0 Å². The van der Waals surface area contributed by atoms with Gasteiger partial charge < -0.3 is 0 Å². The number of aromatic nitrogens is 2. The summed E-state index contributed by atoms with van der Waals surface area (Å²) in [5, 5.41) is 9.86. The van der Waals surface area contributed by atoms with E-state index in [0.29, 0.717) is 32.8 Å². The smallest absolute Gasteiger partial charge is 0.260 e. The number of hydrogen-bond acceptors (Lipinski definition) is 4. The van der Waals surface area contributed by atoms with Crippen LogP contribution in [0, 0.1) is 5.82 Å². The average molecular weight is 390 g/mol. The number of carbonyl (C=O) groups is 1. The third-order valence-electron chi connectivity index (χ3n) is 3.77. The van der Waals surface area contributed by atoms with Crippen molar-refractivity contribution >= 4 is 34.0 Å². The standard InChI is InChI=1S/C19H17ClFN3OS/c1-2-3-10-24(18(25)14-7-4-8-15(20)11-14)19-23-22-17(26-19)13-6-5-9-16(21)12-13/h4-9,11-12H,2-3,10H2,1H3. The number of amides is 1. The van der Waals surface area contributed by atoms with E-state index in [4.69, 9.17) is 11.6 Å². The summed E-state index contributed by atoms with van der Waals surface area (Å²) in [6.45, 7) is 2.58. The number of nitrogens with zero attached hydrogens (tertiary/aromatic N) is 3. The molecular weight excluding hydrogens is 373 g/mol. The minimum Gasteiger partial charge on any atom is -0.283 e. The lowest BCUT2D eigenvalue weighted by molar-refractivity contribution is 0.0986. The number of benzene rings is 2. The molecule has 1 amide bonds. The van der Waals surface area contributed by atoms with Gasteiger partial charge in [-0.2, -0.15) is 0 Å². The molecule has 0 aliphatic rings. The highest BCUT2D eigenvalue weighted by molar-refractivity contribution is 7.18. The van der Waals surface area contributed by atoms with Gasteiger partial charge in [-0.05, 0) is 36.8 Å². The van der Waals surface area contributed by atoms with E-state index in [-0.39, 0.29) is 11.7 Å². The second-order valence-electron chi connectivity index (χ2n) is 5.72. The lowest BCUT2D eigenvalue weighted by Crippen LogP contribution is -2.31. The Morgan fingerprint density at radius 3 is 2.73 bits per heavy atom. The van der Waals surface area contributed by atoms with Gasteiger partial charge in [0.05, 0.1) is 0 Å². The van der Waals surface area contributed by atoms with Crippen LogP contribution in [0.3, 0.4) is 0 Å². The molecule has 0 bridgehead atoms. The zero-order chi connectivity index (χ0) is 18.5. The van der Waals surface area contributed by atoms with Gasteiger partial charge in [0.15, 0.2) is 0 Å². The zero-order valence-corrected chi connectivity index (χ0v) is 15.7. The molecule has 0 radical (unpaired) electrons. The molecule has 0 unspecified atom stereocenters. The average Bonchev–Trinajstić information content (AvgIpc) is 3.12. The topological polar surface area (TPSA) is 46.1 Å². The molecule has 134 valence electrons. The number of carbonyl (C=O) groups excluding carboxylic acids is 1. The van der Waals surface area contributed by atoms with Crippen molar-refractivity contribution in [3.8, 4) is 10.6 Å². The van der Waals surface area contributed by atoms with Crippen LogP contribution < -0.4 is 4.90 Å². The number of halogens is 2. The van der Waals surface area contributed by atoms with Gasteiger partial charge in [-0.1, -0.05) is 54.5 Å². The number of anilines is 1. The first-order chi connectivity index (χ1) is 12.6. The first-order valence-electron chi connectivity index (χ1n) is 8.25. The second kappa shape index (κ2) is 8.38. The van der Waals surface area contributed by atoms with Crippen molar-refractivity contribution in [1.82, 2.24) is 10.2 Å². The molecule has 0 spiro atoms. The predicted molar refractivity (Wildman–Crippen MR) is 103 cm³/mol. The Kier molecular flexibility index (Phi) is 5.96. The molecule has 0 saturated carbocycles. The summed E-state index contributed by atoms with van der Waals surface area (Å²) in [4.78, 5) is 14.6.